The van der Waals surface area contributed by atoms with Crippen LogP contribution in [0.15, 0.2) is 47.5 Å². The Bertz CT molecular complexity index is 951. The van der Waals surface area contributed by atoms with Crippen molar-refractivity contribution in [3.05, 3.63) is 70.7 Å². The first-order chi connectivity index (χ1) is 13.7. The molecule has 0 unspecified atom stereocenters. The average molecular weight is 377 g/mol. The van der Waals surface area contributed by atoms with Gasteiger partial charge in [-0.3, -0.25) is 4.99 Å². The first-order valence-electron chi connectivity index (χ1n) is 9.81. The first-order valence-corrected chi connectivity index (χ1v) is 9.81. The van der Waals surface area contributed by atoms with Gasteiger partial charge in [-0.15, -0.1) is 10.2 Å². The SMILES string of the molecule is CC.CC.Cc1cc(C=NCc2nnc3c(n2)Cc2ccccc2-3)ccc1O. The van der Waals surface area contributed by atoms with Crippen molar-refractivity contribution >= 4 is 6.21 Å². The quantitative estimate of drug-likeness (QED) is 0.503. The van der Waals surface area contributed by atoms with Crippen LogP contribution < -0.4 is 0 Å². The minimum Gasteiger partial charge on any atom is -0.508 e. The number of aryl methyl sites for hydroxylation is 1. The number of rotatable bonds is 3. The topological polar surface area (TPSA) is 71.3 Å². The normalized spacial score (nSPS) is 11.0. The smallest absolute Gasteiger partial charge is 0.172 e. The van der Waals surface area contributed by atoms with Gasteiger partial charge in [-0.1, -0.05) is 52.0 Å². The number of hydrogen-bond acceptors (Lipinski definition) is 5. The number of phenolic OH excluding ortho intramolecular Hbond substituents is 1. The van der Waals surface area contributed by atoms with E-state index in [0.29, 0.717) is 12.4 Å². The van der Waals surface area contributed by atoms with Gasteiger partial charge in [0, 0.05) is 18.2 Å². The van der Waals surface area contributed by atoms with Gasteiger partial charge in [0.25, 0.3) is 0 Å². The number of aromatic nitrogens is 3. The Morgan fingerprint density at radius 1 is 1.04 bits per heavy atom. The molecule has 1 aliphatic rings. The van der Waals surface area contributed by atoms with Gasteiger partial charge in [0.05, 0.1) is 5.69 Å². The van der Waals surface area contributed by atoms with Crippen molar-refractivity contribution in [1.82, 2.24) is 15.2 Å². The van der Waals surface area contributed by atoms with E-state index in [1.165, 1.54) is 5.56 Å². The number of fused-ring (bicyclic) bond motifs is 3. The second-order valence-corrected chi connectivity index (χ2v) is 5.87. The van der Waals surface area contributed by atoms with Crippen molar-refractivity contribution in [2.45, 2.75) is 47.6 Å². The maximum Gasteiger partial charge on any atom is 0.172 e. The van der Waals surface area contributed by atoms with E-state index in [2.05, 4.69) is 32.3 Å². The fourth-order valence-electron chi connectivity index (χ4n) is 2.87. The highest BCUT2D eigenvalue weighted by atomic mass is 16.3. The van der Waals surface area contributed by atoms with Gasteiger partial charge in [-0.25, -0.2) is 4.98 Å². The van der Waals surface area contributed by atoms with Crippen molar-refractivity contribution in [2.75, 3.05) is 0 Å². The van der Waals surface area contributed by atoms with Crippen molar-refractivity contribution in [3.8, 4) is 17.0 Å². The maximum atomic E-state index is 9.54. The fourth-order valence-corrected chi connectivity index (χ4v) is 2.87. The number of phenols is 1. The molecule has 5 nitrogen and oxygen atoms in total. The van der Waals surface area contributed by atoms with Crippen LogP contribution in [-0.2, 0) is 13.0 Å². The van der Waals surface area contributed by atoms with Crippen LogP contribution in [-0.4, -0.2) is 26.5 Å². The van der Waals surface area contributed by atoms with Crippen molar-refractivity contribution in [2.24, 2.45) is 4.99 Å². The van der Waals surface area contributed by atoms with Gasteiger partial charge in [0.15, 0.2) is 5.82 Å². The Balaban J connectivity index is 0.000000660. The van der Waals surface area contributed by atoms with Crippen molar-refractivity contribution in [1.29, 1.82) is 0 Å². The van der Waals surface area contributed by atoms with E-state index in [1.807, 2.05) is 58.9 Å². The summed E-state index contributed by atoms with van der Waals surface area (Å²) in [7, 11) is 0. The minimum absolute atomic E-state index is 0.290. The maximum absolute atomic E-state index is 9.54. The van der Waals surface area contributed by atoms with Crippen LogP contribution in [0.1, 0.15) is 55.9 Å². The molecule has 1 aliphatic carbocycles. The molecule has 1 aromatic heterocycles. The molecule has 4 rings (SSSR count). The number of nitrogens with zero attached hydrogens (tertiary/aromatic N) is 4. The summed E-state index contributed by atoms with van der Waals surface area (Å²) in [6, 6.07) is 13.6. The number of benzene rings is 2. The lowest BCUT2D eigenvalue weighted by atomic mass is 10.1. The average Bonchev–Trinajstić information content (AvgIpc) is 3.11. The molecule has 0 fully saturated rings. The van der Waals surface area contributed by atoms with Crippen LogP contribution in [0.5, 0.6) is 5.75 Å². The lowest BCUT2D eigenvalue weighted by Crippen LogP contribution is -2.01. The highest BCUT2D eigenvalue weighted by molar-refractivity contribution is 5.80. The number of hydrogen-bond donors (Lipinski definition) is 1. The third-order valence-electron chi connectivity index (χ3n) is 4.13. The summed E-state index contributed by atoms with van der Waals surface area (Å²) in [4.78, 5) is 8.99. The molecular weight excluding hydrogens is 348 g/mol. The van der Waals surface area contributed by atoms with Gasteiger partial charge in [0.1, 0.15) is 18.0 Å². The van der Waals surface area contributed by atoms with E-state index < -0.39 is 0 Å². The highest BCUT2D eigenvalue weighted by Gasteiger charge is 2.21. The van der Waals surface area contributed by atoms with E-state index in [0.717, 1.165) is 34.5 Å². The Kier molecular flexibility index (Phi) is 7.81. The second-order valence-electron chi connectivity index (χ2n) is 5.87. The van der Waals surface area contributed by atoms with E-state index in [9.17, 15) is 5.11 Å². The Morgan fingerprint density at radius 2 is 1.79 bits per heavy atom. The molecule has 3 aromatic rings. The molecule has 28 heavy (non-hydrogen) atoms. The van der Waals surface area contributed by atoms with Gasteiger partial charge in [-0.05, 0) is 41.8 Å². The highest BCUT2D eigenvalue weighted by Crippen LogP contribution is 2.32. The van der Waals surface area contributed by atoms with E-state index in [4.69, 9.17) is 0 Å². The summed E-state index contributed by atoms with van der Waals surface area (Å²) < 4.78 is 0. The second kappa shape index (κ2) is 10.3. The molecule has 2 aromatic carbocycles. The van der Waals surface area contributed by atoms with Crippen LogP contribution >= 0.6 is 0 Å². The zero-order chi connectivity index (χ0) is 20.5. The zero-order valence-electron chi connectivity index (χ0n) is 17.3. The van der Waals surface area contributed by atoms with E-state index in [-0.39, 0.29) is 5.75 Å². The summed E-state index contributed by atoms with van der Waals surface area (Å²) in [6.45, 7) is 10.2. The molecule has 0 saturated carbocycles. The molecule has 5 heteroatoms. The zero-order valence-corrected chi connectivity index (χ0v) is 17.3. The van der Waals surface area contributed by atoms with Crippen LogP contribution in [0.4, 0.5) is 0 Å². The van der Waals surface area contributed by atoms with Crippen molar-refractivity contribution in [3.63, 3.8) is 0 Å². The molecule has 0 saturated heterocycles. The van der Waals surface area contributed by atoms with Gasteiger partial charge < -0.3 is 5.11 Å². The molecule has 0 aliphatic heterocycles. The standard InChI is InChI=1S/C19H16N4O.2C2H6/c1-12-8-13(6-7-17(12)24)10-20-11-18-21-16-9-14-4-2-3-5-15(14)19(16)23-22-18;2*1-2/h2-8,10,24H,9,11H2,1H3;2*1-2H3. The molecule has 146 valence electrons. The molecule has 0 atom stereocenters. The molecule has 0 spiro atoms. The molecular formula is C23H28N4O. The minimum atomic E-state index is 0.290. The van der Waals surface area contributed by atoms with Crippen LogP contribution in [0.2, 0.25) is 0 Å². The third kappa shape index (κ3) is 4.80. The lowest BCUT2D eigenvalue weighted by molar-refractivity contribution is 0.471. The van der Waals surface area contributed by atoms with Gasteiger partial charge >= 0.3 is 0 Å². The molecule has 0 bridgehead atoms. The predicted octanol–water partition coefficient (Wildman–Crippen LogP) is 5.13. The largest absolute Gasteiger partial charge is 0.508 e. The summed E-state index contributed by atoms with van der Waals surface area (Å²) in [5.74, 6) is 0.908. The number of aromatic hydroxyl groups is 1. The monoisotopic (exact) mass is 376 g/mol. The molecule has 1 heterocycles. The molecule has 0 radical (unpaired) electrons. The van der Waals surface area contributed by atoms with Crippen LogP contribution in [0.25, 0.3) is 11.3 Å². The van der Waals surface area contributed by atoms with Crippen molar-refractivity contribution < 1.29 is 5.11 Å². The number of aliphatic imine (C=N–C) groups is 1. The Hall–Kier alpha value is -3.08. The molecule has 0 amide bonds. The van der Waals surface area contributed by atoms with Crippen LogP contribution in [0, 0.1) is 6.92 Å². The molecule has 1 N–H and O–H groups in total. The fraction of sp³-hybridized carbons (Fsp3) is 0.304. The Morgan fingerprint density at radius 3 is 2.54 bits per heavy atom. The van der Waals surface area contributed by atoms with Crippen LogP contribution in [0.3, 0.4) is 0 Å². The van der Waals surface area contributed by atoms with E-state index in [1.54, 1.807) is 12.3 Å². The van der Waals surface area contributed by atoms with Gasteiger partial charge in [0.2, 0.25) is 0 Å². The predicted molar refractivity (Wildman–Crippen MR) is 115 cm³/mol. The first kappa shape index (κ1) is 21.2. The van der Waals surface area contributed by atoms with Gasteiger partial charge in [-0.2, -0.15) is 0 Å². The summed E-state index contributed by atoms with van der Waals surface area (Å²) in [5.41, 5.74) is 5.99. The summed E-state index contributed by atoms with van der Waals surface area (Å²) in [5, 5.41) is 18.1. The summed E-state index contributed by atoms with van der Waals surface area (Å²) >= 11 is 0. The third-order valence-corrected chi connectivity index (χ3v) is 4.13. The lowest BCUT2D eigenvalue weighted by Gasteiger charge is -2.01. The Labute approximate surface area is 167 Å². The summed E-state index contributed by atoms with van der Waals surface area (Å²) in [6.07, 6.45) is 2.56. The van der Waals surface area contributed by atoms with E-state index >= 15 is 0 Å².